The van der Waals surface area contributed by atoms with Crippen LogP contribution in [-0.2, 0) is 9.53 Å². The second-order valence-corrected chi connectivity index (χ2v) is 4.73. The second-order valence-electron chi connectivity index (χ2n) is 4.32. The minimum atomic E-state index is -0.192. The van der Waals surface area contributed by atoms with Crippen LogP contribution in [0.3, 0.4) is 0 Å². The highest BCUT2D eigenvalue weighted by Gasteiger charge is 2.31. The number of halogens is 1. The molecule has 0 N–H and O–H groups in total. The molecule has 1 unspecified atom stereocenters. The van der Waals surface area contributed by atoms with Crippen molar-refractivity contribution in [2.75, 3.05) is 0 Å². The zero-order valence-corrected chi connectivity index (χ0v) is 11.0. The van der Waals surface area contributed by atoms with Crippen molar-refractivity contribution in [2.45, 2.75) is 64.9 Å². The molecule has 0 aromatic carbocycles. The highest BCUT2D eigenvalue weighted by Crippen LogP contribution is 2.32. The average Bonchev–Trinajstić information content (AvgIpc) is 2.54. The lowest BCUT2D eigenvalue weighted by Gasteiger charge is -2.08. The zero-order chi connectivity index (χ0) is 12.0. The monoisotopic (exact) mass is 244 g/mol. The van der Waals surface area contributed by atoms with Gasteiger partial charge in [-0.2, -0.15) is 0 Å². The van der Waals surface area contributed by atoms with Crippen molar-refractivity contribution in [3.8, 4) is 0 Å². The summed E-state index contributed by atoms with van der Waals surface area (Å²) in [5.74, 6) is -0.192. The van der Waals surface area contributed by atoms with E-state index in [1.54, 1.807) is 0 Å². The van der Waals surface area contributed by atoms with E-state index in [2.05, 4.69) is 13.8 Å². The summed E-state index contributed by atoms with van der Waals surface area (Å²) in [7, 11) is 0. The summed E-state index contributed by atoms with van der Waals surface area (Å²) in [5, 5.41) is 0.662. The molecule has 0 amide bonds. The molecule has 92 valence electrons. The van der Waals surface area contributed by atoms with Crippen molar-refractivity contribution in [3.63, 3.8) is 0 Å². The fourth-order valence-electron chi connectivity index (χ4n) is 1.89. The third kappa shape index (κ3) is 3.51. The van der Waals surface area contributed by atoms with Crippen molar-refractivity contribution in [1.82, 2.24) is 0 Å². The number of hydrogen-bond acceptors (Lipinski definition) is 2. The number of carbonyl (C=O) groups excluding carboxylic acids is 1. The van der Waals surface area contributed by atoms with E-state index < -0.39 is 0 Å². The van der Waals surface area contributed by atoms with Gasteiger partial charge < -0.3 is 4.74 Å². The Kier molecular flexibility index (Phi) is 5.89. The zero-order valence-electron chi connectivity index (χ0n) is 10.2. The number of esters is 1. The van der Waals surface area contributed by atoms with Gasteiger partial charge in [0, 0.05) is 0 Å². The lowest BCUT2D eigenvalue weighted by Crippen LogP contribution is -2.09. The summed E-state index contributed by atoms with van der Waals surface area (Å²) in [6.45, 7) is 4.27. The first-order chi connectivity index (χ1) is 7.70. The fourth-order valence-corrected chi connectivity index (χ4v) is 2.22. The SMILES string of the molecule is CCCCCC1=C(Cl)C(CCCC)OC1=O. The van der Waals surface area contributed by atoms with Crippen LogP contribution >= 0.6 is 11.6 Å². The normalized spacial score (nSPS) is 20.4. The molecule has 0 radical (unpaired) electrons. The Morgan fingerprint density at radius 1 is 1.19 bits per heavy atom. The van der Waals surface area contributed by atoms with Crippen LogP contribution in [0.2, 0.25) is 0 Å². The maximum atomic E-state index is 11.6. The smallest absolute Gasteiger partial charge is 0.335 e. The first-order valence-electron chi connectivity index (χ1n) is 6.30. The van der Waals surface area contributed by atoms with Crippen LogP contribution in [0.25, 0.3) is 0 Å². The van der Waals surface area contributed by atoms with Gasteiger partial charge in [-0.3, -0.25) is 0 Å². The van der Waals surface area contributed by atoms with Crippen LogP contribution in [0, 0.1) is 0 Å². The molecule has 16 heavy (non-hydrogen) atoms. The number of unbranched alkanes of at least 4 members (excludes halogenated alkanes) is 3. The van der Waals surface area contributed by atoms with Crippen LogP contribution < -0.4 is 0 Å². The summed E-state index contributed by atoms with van der Waals surface area (Å²) in [4.78, 5) is 11.6. The van der Waals surface area contributed by atoms with Gasteiger partial charge in [-0.05, 0) is 25.7 Å². The van der Waals surface area contributed by atoms with Crippen LogP contribution in [0.1, 0.15) is 58.8 Å². The van der Waals surface area contributed by atoms with Gasteiger partial charge in [-0.15, -0.1) is 0 Å². The Labute approximate surface area is 103 Å². The predicted octanol–water partition coefficient (Wildman–Crippen LogP) is 4.18. The maximum Gasteiger partial charge on any atom is 0.335 e. The van der Waals surface area contributed by atoms with E-state index in [4.69, 9.17) is 16.3 Å². The topological polar surface area (TPSA) is 26.3 Å². The predicted molar refractivity (Wildman–Crippen MR) is 66.4 cm³/mol. The average molecular weight is 245 g/mol. The fraction of sp³-hybridized carbons (Fsp3) is 0.769. The van der Waals surface area contributed by atoms with Crippen molar-refractivity contribution in [3.05, 3.63) is 10.6 Å². The number of cyclic esters (lactones) is 1. The molecule has 0 aromatic heterocycles. The Hall–Kier alpha value is -0.500. The molecule has 1 atom stereocenters. The first-order valence-corrected chi connectivity index (χ1v) is 6.68. The van der Waals surface area contributed by atoms with Gasteiger partial charge >= 0.3 is 5.97 Å². The quantitative estimate of drug-likeness (QED) is 0.496. The first kappa shape index (κ1) is 13.6. The van der Waals surface area contributed by atoms with E-state index >= 15 is 0 Å². The summed E-state index contributed by atoms with van der Waals surface area (Å²) >= 11 is 6.19. The van der Waals surface area contributed by atoms with Gasteiger partial charge in [0.1, 0.15) is 6.10 Å². The third-order valence-corrected chi connectivity index (χ3v) is 3.39. The summed E-state index contributed by atoms with van der Waals surface area (Å²) in [6, 6.07) is 0. The van der Waals surface area contributed by atoms with Crippen LogP contribution in [0.4, 0.5) is 0 Å². The molecule has 1 aliphatic heterocycles. The lowest BCUT2D eigenvalue weighted by molar-refractivity contribution is -0.140. The van der Waals surface area contributed by atoms with E-state index in [1.807, 2.05) is 0 Å². The van der Waals surface area contributed by atoms with Gasteiger partial charge in [-0.1, -0.05) is 44.7 Å². The van der Waals surface area contributed by atoms with Gasteiger partial charge in [0.2, 0.25) is 0 Å². The molecule has 1 heterocycles. The van der Waals surface area contributed by atoms with E-state index in [-0.39, 0.29) is 12.1 Å². The third-order valence-electron chi connectivity index (χ3n) is 2.92. The summed E-state index contributed by atoms with van der Waals surface area (Å²) in [5.41, 5.74) is 0.719. The van der Waals surface area contributed by atoms with Crippen molar-refractivity contribution in [1.29, 1.82) is 0 Å². The Morgan fingerprint density at radius 2 is 1.88 bits per heavy atom. The van der Waals surface area contributed by atoms with E-state index in [1.165, 1.54) is 0 Å². The highest BCUT2D eigenvalue weighted by molar-refractivity contribution is 6.33. The molecule has 0 spiro atoms. The molecular weight excluding hydrogens is 224 g/mol. The van der Waals surface area contributed by atoms with E-state index in [0.717, 1.165) is 50.5 Å². The summed E-state index contributed by atoms with van der Waals surface area (Å²) in [6.07, 6.45) is 6.94. The van der Waals surface area contributed by atoms with Gasteiger partial charge in [0.25, 0.3) is 0 Å². The molecule has 1 rings (SSSR count). The number of rotatable bonds is 7. The Morgan fingerprint density at radius 3 is 2.50 bits per heavy atom. The number of hydrogen-bond donors (Lipinski definition) is 0. The molecule has 0 saturated heterocycles. The number of ether oxygens (including phenoxy) is 1. The van der Waals surface area contributed by atoms with Gasteiger partial charge in [0.15, 0.2) is 0 Å². The minimum Gasteiger partial charge on any atom is -0.453 e. The molecule has 1 aliphatic rings. The molecule has 0 bridgehead atoms. The molecule has 0 fully saturated rings. The van der Waals surface area contributed by atoms with Gasteiger partial charge in [0.05, 0.1) is 10.6 Å². The Bertz CT molecular complexity index is 271. The minimum absolute atomic E-state index is 0.161. The van der Waals surface area contributed by atoms with Crippen molar-refractivity contribution < 1.29 is 9.53 Å². The highest BCUT2D eigenvalue weighted by atomic mass is 35.5. The molecule has 3 heteroatoms. The number of carbonyl (C=O) groups is 1. The van der Waals surface area contributed by atoms with Crippen LogP contribution in [-0.4, -0.2) is 12.1 Å². The second kappa shape index (κ2) is 6.95. The summed E-state index contributed by atoms with van der Waals surface area (Å²) < 4.78 is 5.27. The van der Waals surface area contributed by atoms with Crippen molar-refractivity contribution in [2.24, 2.45) is 0 Å². The van der Waals surface area contributed by atoms with Crippen LogP contribution in [0.15, 0.2) is 10.6 Å². The van der Waals surface area contributed by atoms with Gasteiger partial charge in [-0.25, -0.2) is 4.79 Å². The largest absolute Gasteiger partial charge is 0.453 e. The molecule has 0 aliphatic carbocycles. The Balaban J connectivity index is 2.51. The van der Waals surface area contributed by atoms with E-state index in [0.29, 0.717) is 5.03 Å². The van der Waals surface area contributed by atoms with E-state index in [9.17, 15) is 4.79 Å². The van der Waals surface area contributed by atoms with Crippen LogP contribution in [0.5, 0.6) is 0 Å². The molecular formula is C13H21ClO2. The maximum absolute atomic E-state index is 11.6. The molecule has 0 aromatic rings. The molecule has 2 nitrogen and oxygen atoms in total. The molecule has 0 saturated carbocycles. The standard InChI is InChI=1S/C13H21ClO2/c1-3-5-7-8-10-12(14)11(9-6-4-2)16-13(10)15/h11H,3-9H2,1-2H3. The van der Waals surface area contributed by atoms with Crippen molar-refractivity contribution >= 4 is 17.6 Å². The lowest BCUT2D eigenvalue weighted by atomic mass is 10.1.